The van der Waals surface area contributed by atoms with Gasteiger partial charge in [-0.1, -0.05) is 15.9 Å². The summed E-state index contributed by atoms with van der Waals surface area (Å²) in [6.45, 7) is 0.414. The summed E-state index contributed by atoms with van der Waals surface area (Å²) in [5.41, 5.74) is 1.95. The minimum absolute atomic E-state index is 0.0147. The summed E-state index contributed by atoms with van der Waals surface area (Å²) in [5.74, 6) is -0.464. The molecule has 1 aliphatic carbocycles. The summed E-state index contributed by atoms with van der Waals surface area (Å²) < 4.78 is 0.962. The Balaban J connectivity index is 1.43. The van der Waals surface area contributed by atoms with E-state index in [4.69, 9.17) is 0 Å². The van der Waals surface area contributed by atoms with Crippen molar-refractivity contribution in [1.29, 1.82) is 0 Å². The number of fused-ring (bicyclic) bond motifs is 1. The first-order chi connectivity index (χ1) is 11.6. The highest BCUT2D eigenvalue weighted by Crippen LogP contribution is 2.32. The second-order valence-corrected chi connectivity index (χ2v) is 8.11. The average Bonchev–Trinajstić information content (AvgIpc) is 3.22. The van der Waals surface area contributed by atoms with E-state index in [9.17, 15) is 9.59 Å². The van der Waals surface area contributed by atoms with Crippen molar-refractivity contribution < 1.29 is 9.59 Å². The van der Waals surface area contributed by atoms with Crippen LogP contribution in [-0.4, -0.2) is 23.3 Å². The Bertz CT molecular complexity index is 781. The summed E-state index contributed by atoms with van der Waals surface area (Å²) in [4.78, 5) is 32.2. The van der Waals surface area contributed by atoms with E-state index in [0.29, 0.717) is 11.7 Å². The number of carbonyl (C=O) groups excluding carboxylic acids is 2. The van der Waals surface area contributed by atoms with Gasteiger partial charge in [-0.15, -0.1) is 11.3 Å². The average molecular weight is 406 g/mol. The standard InChI is InChI=1S/C17H16BrN3O2S/c18-11-4-6-12(7-5-11)21-9-10(8-15(21)22)16(23)20-17-19-13-2-1-3-14(13)24-17/h4-7,10H,1-3,8-9H2,(H,19,20,23)/t10-/m0/s1. The molecule has 24 heavy (non-hydrogen) atoms. The van der Waals surface area contributed by atoms with Gasteiger partial charge in [-0.3, -0.25) is 9.59 Å². The van der Waals surface area contributed by atoms with Crippen molar-refractivity contribution in [2.75, 3.05) is 16.8 Å². The molecule has 0 bridgehead atoms. The maximum atomic E-state index is 12.5. The largest absolute Gasteiger partial charge is 0.312 e. The quantitative estimate of drug-likeness (QED) is 0.850. The van der Waals surface area contributed by atoms with Crippen LogP contribution < -0.4 is 10.2 Å². The molecule has 7 heteroatoms. The monoisotopic (exact) mass is 405 g/mol. The van der Waals surface area contributed by atoms with Crippen molar-refractivity contribution in [2.24, 2.45) is 5.92 Å². The Hall–Kier alpha value is -1.73. The van der Waals surface area contributed by atoms with Gasteiger partial charge in [0.05, 0.1) is 11.6 Å². The molecule has 1 aromatic carbocycles. The van der Waals surface area contributed by atoms with Crippen molar-refractivity contribution in [2.45, 2.75) is 25.7 Å². The van der Waals surface area contributed by atoms with Crippen LogP contribution in [0.3, 0.4) is 0 Å². The number of nitrogens with one attached hydrogen (secondary N) is 1. The maximum Gasteiger partial charge on any atom is 0.231 e. The third kappa shape index (κ3) is 2.98. The topological polar surface area (TPSA) is 62.3 Å². The van der Waals surface area contributed by atoms with E-state index in [0.717, 1.165) is 35.1 Å². The van der Waals surface area contributed by atoms with Crippen LogP contribution in [-0.2, 0) is 22.4 Å². The Morgan fingerprint density at radius 3 is 2.83 bits per heavy atom. The van der Waals surface area contributed by atoms with E-state index in [1.165, 1.54) is 4.88 Å². The minimum Gasteiger partial charge on any atom is -0.312 e. The molecule has 1 aromatic heterocycles. The first-order valence-corrected chi connectivity index (χ1v) is 9.56. The number of aromatic nitrogens is 1. The highest BCUT2D eigenvalue weighted by Gasteiger charge is 2.35. The summed E-state index contributed by atoms with van der Waals surface area (Å²) in [6.07, 6.45) is 3.46. The number of thiazole rings is 1. The van der Waals surface area contributed by atoms with Gasteiger partial charge in [0.15, 0.2) is 5.13 Å². The second-order valence-electron chi connectivity index (χ2n) is 6.11. The van der Waals surface area contributed by atoms with E-state index in [-0.39, 0.29) is 24.2 Å². The Kier molecular flexibility index (Phi) is 4.14. The zero-order valence-electron chi connectivity index (χ0n) is 12.9. The molecule has 2 heterocycles. The van der Waals surface area contributed by atoms with Crippen LogP contribution in [0.2, 0.25) is 0 Å². The number of hydrogen-bond acceptors (Lipinski definition) is 4. The number of nitrogens with zero attached hydrogens (tertiary/aromatic N) is 2. The highest BCUT2D eigenvalue weighted by atomic mass is 79.9. The molecule has 0 radical (unpaired) electrons. The van der Waals surface area contributed by atoms with Gasteiger partial charge in [0, 0.05) is 28.0 Å². The van der Waals surface area contributed by atoms with Crippen LogP contribution in [0.1, 0.15) is 23.4 Å². The van der Waals surface area contributed by atoms with Gasteiger partial charge in [-0.2, -0.15) is 0 Å². The molecule has 1 atom stereocenters. The third-order valence-electron chi connectivity index (χ3n) is 4.46. The summed E-state index contributed by atoms with van der Waals surface area (Å²) in [5, 5.41) is 3.56. The van der Waals surface area contributed by atoms with E-state index in [1.807, 2.05) is 24.3 Å². The maximum absolute atomic E-state index is 12.5. The van der Waals surface area contributed by atoms with Gasteiger partial charge in [0.1, 0.15) is 0 Å². The normalized spacial score (nSPS) is 19.6. The lowest BCUT2D eigenvalue weighted by Crippen LogP contribution is -2.28. The number of amides is 2. The lowest BCUT2D eigenvalue weighted by molar-refractivity contribution is -0.122. The fraction of sp³-hybridized carbons (Fsp3) is 0.353. The van der Waals surface area contributed by atoms with Gasteiger partial charge < -0.3 is 10.2 Å². The van der Waals surface area contributed by atoms with Gasteiger partial charge >= 0.3 is 0 Å². The molecule has 1 saturated heterocycles. The van der Waals surface area contributed by atoms with Crippen molar-refractivity contribution in [3.63, 3.8) is 0 Å². The van der Waals surface area contributed by atoms with E-state index in [1.54, 1.807) is 16.2 Å². The molecule has 1 aliphatic heterocycles. The molecule has 5 nitrogen and oxygen atoms in total. The summed E-state index contributed by atoms with van der Waals surface area (Å²) >= 11 is 4.95. The predicted octanol–water partition coefficient (Wildman–Crippen LogP) is 3.39. The number of anilines is 2. The molecule has 0 spiro atoms. The van der Waals surface area contributed by atoms with E-state index >= 15 is 0 Å². The van der Waals surface area contributed by atoms with Gasteiger partial charge in [0.25, 0.3) is 0 Å². The molecule has 2 amide bonds. The van der Waals surface area contributed by atoms with Crippen molar-refractivity contribution in [3.05, 3.63) is 39.3 Å². The molecular formula is C17H16BrN3O2S. The number of hydrogen-bond donors (Lipinski definition) is 1. The Labute approximate surface area is 152 Å². The Morgan fingerprint density at radius 2 is 2.08 bits per heavy atom. The SMILES string of the molecule is O=C(Nc1nc2c(s1)CCC2)[C@H]1CC(=O)N(c2ccc(Br)cc2)C1. The Morgan fingerprint density at radius 1 is 1.29 bits per heavy atom. The molecule has 1 N–H and O–H groups in total. The first kappa shape index (κ1) is 15.8. The van der Waals surface area contributed by atoms with E-state index < -0.39 is 0 Å². The fourth-order valence-corrected chi connectivity index (χ4v) is 4.52. The zero-order chi connectivity index (χ0) is 16.7. The van der Waals surface area contributed by atoms with E-state index in [2.05, 4.69) is 26.2 Å². The van der Waals surface area contributed by atoms with Crippen molar-refractivity contribution >= 4 is 49.9 Å². The number of halogens is 1. The second kappa shape index (κ2) is 6.29. The zero-order valence-corrected chi connectivity index (χ0v) is 15.3. The number of benzene rings is 1. The van der Waals surface area contributed by atoms with Crippen LogP contribution >= 0.6 is 27.3 Å². The highest BCUT2D eigenvalue weighted by molar-refractivity contribution is 9.10. The molecule has 0 saturated carbocycles. The third-order valence-corrected chi connectivity index (χ3v) is 6.06. The van der Waals surface area contributed by atoms with Crippen LogP contribution in [0, 0.1) is 5.92 Å². The molecule has 2 aliphatic rings. The lowest BCUT2D eigenvalue weighted by Gasteiger charge is -2.16. The van der Waals surface area contributed by atoms with Crippen LogP contribution in [0.4, 0.5) is 10.8 Å². The lowest BCUT2D eigenvalue weighted by atomic mass is 10.1. The molecule has 1 fully saturated rings. The number of aryl methyl sites for hydroxylation is 2. The van der Waals surface area contributed by atoms with Gasteiger partial charge in [-0.25, -0.2) is 4.98 Å². The molecule has 2 aromatic rings. The van der Waals surface area contributed by atoms with Gasteiger partial charge in [0.2, 0.25) is 11.8 Å². The van der Waals surface area contributed by atoms with Crippen molar-refractivity contribution in [3.8, 4) is 0 Å². The summed E-state index contributed by atoms with van der Waals surface area (Å²) in [7, 11) is 0. The van der Waals surface area contributed by atoms with Crippen molar-refractivity contribution in [1.82, 2.24) is 4.98 Å². The van der Waals surface area contributed by atoms with Gasteiger partial charge in [-0.05, 0) is 43.5 Å². The molecular weight excluding hydrogens is 390 g/mol. The fourth-order valence-electron chi connectivity index (χ4n) is 3.21. The molecule has 124 valence electrons. The van der Waals surface area contributed by atoms with Crippen LogP contribution in [0.15, 0.2) is 28.7 Å². The first-order valence-electron chi connectivity index (χ1n) is 7.95. The minimum atomic E-state index is -0.333. The molecule has 0 unspecified atom stereocenters. The van der Waals surface area contributed by atoms with Crippen LogP contribution in [0.5, 0.6) is 0 Å². The molecule has 4 rings (SSSR count). The smallest absolute Gasteiger partial charge is 0.231 e. The summed E-state index contributed by atoms with van der Waals surface area (Å²) in [6, 6.07) is 7.56. The van der Waals surface area contributed by atoms with Crippen LogP contribution in [0.25, 0.3) is 0 Å². The number of rotatable bonds is 3. The predicted molar refractivity (Wildman–Crippen MR) is 97.4 cm³/mol. The number of carbonyl (C=O) groups is 2.